The Balaban J connectivity index is 2.09. The molecule has 2 rings (SSSR count). The summed E-state index contributed by atoms with van der Waals surface area (Å²) in [6.45, 7) is 2.09. The second-order valence-electron chi connectivity index (χ2n) is 3.86. The Labute approximate surface area is 89.7 Å². The van der Waals surface area contributed by atoms with Crippen LogP contribution in [0.2, 0.25) is 0 Å². The lowest BCUT2D eigenvalue weighted by Crippen LogP contribution is -2.12. The Morgan fingerprint density at radius 1 is 1.33 bits per heavy atom. The predicted octanol–water partition coefficient (Wildman–Crippen LogP) is 2.83. The summed E-state index contributed by atoms with van der Waals surface area (Å²) in [5.74, 6) is 0. The van der Waals surface area contributed by atoms with Crippen LogP contribution in [0.15, 0.2) is 47.3 Å². The van der Waals surface area contributed by atoms with Gasteiger partial charge in [-0.2, -0.15) is 0 Å². The predicted molar refractivity (Wildman–Crippen MR) is 60.5 cm³/mol. The fourth-order valence-corrected chi connectivity index (χ4v) is 1.70. The Morgan fingerprint density at radius 2 is 2.20 bits per heavy atom. The van der Waals surface area contributed by atoms with Crippen molar-refractivity contribution in [3.05, 3.63) is 59.5 Å². The van der Waals surface area contributed by atoms with E-state index in [1.165, 1.54) is 11.1 Å². The van der Waals surface area contributed by atoms with Crippen molar-refractivity contribution < 1.29 is 4.42 Å². The van der Waals surface area contributed by atoms with E-state index in [4.69, 9.17) is 10.2 Å². The summed E-state index contributed by atoms with van der Waals surface area (Å²) in [5.41, 5.74) is 9.65. The number of aryl methyl sites for hydroxylation is 1. The van der Waals surface area contributed by atoms with E-state index in [1.54, 1.807) is 12.5 Å². The van der Waals surface area contributed by atoms with Crippen molar-refractivity contribution in [2.75, 3.05) is 0 Å². The molecule has 0 aliphatic heterocycles. The monoisotopic (exact) mass is 201 g/mol. The lowest BCUT2D eigenvalue weighted by atomic mass is 10.0. The minimum absolute atomic E-state index is 0.0190. The highest BCUT2D eigenvalue weighted by molar-refractivity contribution is 5.24. The minimum atomic E-state index is 0.0190. The average Bonchev–Trinajstić information content (AvgIpc) is 2.70. The van der Waals surface area contributed by atoms with Gasteiger partial charge in [0.2, 0.25) is 0 Å². The fraction of sp³-hybridized carbons (Fsp3) is 0.231. The first kappa shape index (κ1) is 9.99. The number of nitrogens with two attached hydrogens (primary N) is 1. The van der Waals surface area contributed by atoms with Crippen LogP contribution in [-0.2, 0) is 6.42 Å². The van der Waals surface area contributed by atoms with Gasteiger partial charge in [-0.15, -0.1) is 0 Å². The van der Waals surface area contributed by atoms with Gasteiger partial charge in [0.1, 0.15) is 0 Å². The maximum absolute atomic E-state index is 6.06. The molecule has 0 saturated heterocycles. The molecular formula is C13H15NO. The van der Waals surface area contributed by atoms with E-state index in [9.17, 15) is 0 Å². The molecule has 0 aliphatic carbocycles. The average molecular weight is 201 g/mol. The van der Waals surface area contributed by atoms with E-state index in [2.05, 4.69) is 31.2 Å². The zero-order chi connectivity index (χ0) is 10.7. The van der Waals surface area contributed by atoms with Crippen LogP contribution in [-0.4, -0.2) is 0 Å². The Kier molecular flexibility index (Phi) is 2.88. The molecule has 0 spiro atoms. The Hall–Kier alpha value is -1.54. The van der Waals surface area contributed by atoms with Gasteiger partial charge in [-0.05, 0) is 25.0 Å². The molecule has 0 fully saturated rings. The molecule has 0 saturated carbocycles. The highest BCUT2D eigenvalue weighted by Gasteiger charge is 2.07. The second-order valence-corrected chi connectivity index (χ2v) is 3.86. The SMILES string of the molecule is Cc1cccc(CC(N)c2ccoc2)c1. The standard InChI is InChI=1S/C13H15NO/c1-10-3-2-4-11(7-10)8-13(14)12-5-6-15-9-12/h2-7,9,13H,8,14H2,1H3. The molecule has 78 valence electrons. The number of furan rings is 1. The summed E-state index contributed by atoms with van der Waals surface area (Å²) < 4.78 is 5.02. The van der Waals surface area contributed by atoms with Gasteiger partial charge in [0, 0.05) is 11.6 Å². The van der Waals surface area contributed by atoms with Gasteiger partial charge >= 0.3 is 0 Å². The quantitative estimate of drug-likeness (QED) is 0.829. The van der Waals surface area contributed by atoms with E-state index < -0.39 is 0 Å². The van der Waals surface area contributed by atoms with Crippen LogP contribution < -0.4 is 5.73 Å². The molecule has 2 heteroatoms. The normalized spacial score (nSPS) is 12.7. The molecule has 0 radical (unpaired) electrons. The highest BCUT2D eigenvalue weighted by Crippen LogP contribution is 2.16. The molecule has 0 amide bonds. The Bertz CT molecular complexity index is 420. The summed E-state index contributed by atoms with van der Waals surface area (Å²) in [4.78, 5) is 0. The topological polar surface area (TPSA) is 39.2 Å². The molecule has 1 aromatic carbocycles. The molecule has 1 heterocycles. The van der Waals surface area contributed by atoms with Crippen molar-refractivity contribution in [3.8, 4) is 0 Å². The summed E-state index contributed by atoms with van der Waals surface area (Å²) >= 11 is 0. The number of rotatable bonds is 3. The van der Waals surface area contributed by atoms with E-state index in [-0.39, 0.29) is 6.04 Å². The highest BCUT2D eigenvalue weighted by atomic mass is 16.3. The molecule has 0 aliphatic rings. The molecule has 0 bridgehead atoms. The molecule has 2 nitrogen and oxygen atoms in total. The molecular weight excluding hydrogens is 186 g/mol. The molecule has 2 N–H and O–H groups in total. The first-order valence-electron chi connectivity index (χ1n) is 5.09. The van der Waals surface area contributed by atoms with Crippen molar-refractivity contribution in [3.63, 3.8) is 0 Å². The van der Waals surface area contributed by atoms with Crippen LogP contribution >= 0.6 is 0 Å². The van der Waals surface area contributed by atoms with Crippen molar-refractivity contribution >= 4 is 0 Å². The lowest BCUT2D eigenvalue weighted by Gasteiger charge is -2.09. The number of benzene rings is 1. The van der Waals surface area contributed by atoms with Crippen LogP contribution in [0.5, 0.6) is 0 Å². The van der Waals surface area contributed by atoms with Crippen LogP contribution in [0.1, 0.15) is 22.7 Å². The molecule has 1 unspecified atom stereocenters. The summed E-state index contributed by atoms with van der Waals surface area (Å²) in [5, 5.41) is 0. The third-order valence-corrected chi connectivity index (χ3v) is 2.51. The maximum Gasteiger partial charge on any atom is 0.0950 e. The molecule has 2 aromatic rings. The van der Waals surface area contributed by atoms with E-state index in [0.29, 0.717) is 0 Å². The van der Waals surface area contributed by atoms with Gasteiger partial charge in [0.05, 0.1) is 12.5 Å². The molecule has 1 aromatic heterocycles. The van der Waals surface area contributed by atoms with Crippen LogP contribution in [0.4, 0.5) is 0 Å². The van der Waals surface area contributed by atoms with Crippen molar-refractivity contribution in [2.24, 2.45) is 5.73 Å². The summed E-state index contributed by atoms with van der Waals surface area (Å²) in [6, 6.07) is 10.4. The lowest BCUT2D eigenvalue weighted by molar-refractivity contribution is 0.558. The van der Waals surface area contributed by atoms with Crippen LogP contribution in [0.3, 0.4) is 0 Å². The Morgan fingerprint density at radius 3 is 2.87 bits per heavy atom. The number of hydrogen-bond donors (Lipinski definition) is 1. The molecule has 15 heavy (non-hydrogen) atoms. The maximum atomic E-state index is 6.06. The van der Waals surface area contributed by atoms with Crippen LogP contribution in [0, 0.1) is 6.92 Å². The van der Waals surface area contributed by atoms with Crippen molar-refractivity contribution in [2.45, 2.75) is 19.4 Å². The third-order valence-electron chi connectivity index (χ3n) is 2.51. The van der Waals surface area contributed by atoms with Gasteiger partial charge in [0.15, 0.2) is 0 Å². The van der Waals surface area contributed by atoms with E-state index in [0.717, 1.165) is 12.0 Å². The van der Waals surface area contributed by atoms with Crippen molar-refractivity contribution in [1.82, 2.24) is 0 Å². The van der Waals surface area contributed by atoms with Gasteiger partial charge in [0.25, 0.3) is 0 Å². The van der Waals surface area contributed by atoms with Gasteiger partial charge in [-0.25, -0.2) is 0 Å². The first-order chi connectivity index (χ1) is 7.25. The second kappa shape index (κ2) is 4.32. The zero-order valence-electron chi connectivity index (χ0n) is 8.81. The smallest absolute Gasteiger partial charge is 0.0950 e. The minimum Gasteiger partial charge on any atom is -0.472 e. The zero-order valence-corrected chi connectivity index (χ0v) is 8.81. The summed E-state index contributed by atoms with van der Waals surface area (Å²) in [7, 11) is 0. The largest absolute Gasteiger partial charge is 0.472 e. The van der Waals surface area contributed by atoms with E-state index >= 15 is 0 Å². The van der Waals surface area contributed by atoms with Gasteiger partial charge < -0.3 is 10.2 Å². The van der Waals surface area contributed by atoms with Gasteiger partial charge in [-0.1, -0.05) is 29.8 Å². The number of hydrogen-bond acceptors (Lipinski definition) is 2. The third kappa shape index (κ3) is 2.48. The van der Waals surface area contributed by atoms with Crippen LogP contribution in [0.25, 0.3) is 0 Å². The molecule has 1 atom stereocenters. The summed E-state index contributed by atoms with van der Waals surface area (Å²) in [6.07, 6.45) is 4.22. The van der Waals surface area contributed by atoms with Gasteiger partial charge in [-0.3, -0.25) is 0 Å². The first-order valence-corrected chi connectivity index (χ1v) is 5.09. The van der Waals surface area contributed by atoms with Crippen molar-refractivity contribution in [1.29, 1.82) is 0 Å². The van der Waals surface area contributed by atoms with E-state index in [1.807, 2.05) is 6.07 Å². The fourth-order valence-electron chi connectivity index (χ4n) is 1.70.